The molecular formula is C24H21N5O2. The average Bonchev–Trinajstić information content (AvgIpc) is 3.41. The number of hydrogen-bond donors (Lipinski definition) is 1. The zero-order valence-corrected chi connectivity index (χ0v) is 16.8. The van der Waals surface area contributed by atoms with E-state index in [1.807, 2.05) is 60.7 Å². The summed E-state index contributed by atoms with van der Waals surface area (Å²) in [5, 5.41) is 4.03. The van der Waals surface area contributed by atoms with Crippen molar-refractivity contribution in [3.63, 3.8) is 0 Å². The molecule has 1 saturated heterocycles. The van der Waals surface area contributed by atoms with Crippen molar-refractivity contribution in [2.45, 2.75) is 18.4 Å². The van der Waals surface area contributed by atoms with Crippen molar-refractivity contribution >= 4 is 11.7 Å². The number of rotatable bonds is 5. The van der Waals surface area contributed by atoms with E-state index in [9.17, 15) is 4.79 Å². The van der Waals surface area contributed by atoms with Gasteiger partial charge in [0.25, 0.3) is 0 Å². The molecular weight excluding hydrogens is 390 g/mol. The van der Waals surface area contributed by atoms with Gasteiger partial charge < -0.3 is 15.2 Å². The number of likely N-dealkylation sites (tertiary alicyclic amines) is 1. The molecule has 1 aliphatic rings. The first-order valence-corrected chi connectivity index (χ1v) is 10.1. The van der Waals surface area contributed by atoms with Crippen LogP contribution in [0.1, 0.15) is 23.4 Å². The van der Waals surface area contributed by atoms with E-state index in [4.69, 9.17) is 10.3 Å². The van der Waals surface area contributed by atoms with Gasteiger partial charge in [-0.3, -0.25) is 4.79 Å². The fourth-order valence-electron chi connectivity index (χ4n) is 4.22. The van der Waals surface area contributed by atoms with E-state index >= 15 is 0 Å². The van der Waals surface area contributed by atoms with Crippen LogP contribution in [0.25, 0.3) is 11.4 Å². The molecule has 2 aromatic carbocycles. The van der Waals surface area contributed by atoms with Crippen LogP contribution in [0.15, 0.2) is 83.5 Å². The van der Waals surface area contributed by atoms with E-state index in [1.54, 1.807) is 23.2 Å². The molecule has 7 heteroatoms. The van der Waals surface area contributed by atoms with Crippen LogP contribution < -0.4 is 5.73 Å². The van der Waals surface area contributed by atoms with Gasteiger partial charge >= 0.3 is 0 Å². The van der Waals surface area contributed by atoms with Gasteiger partial charge in [-0.2, -0.15) is 4.98 Å². The molecule has 0 unspecified atom stereocenters. The molecule has 0 bridgehead atoms. The molecule has 5 rings (SSSR count). The number of nitrogens with zero attached hydrogens (tertiary/aromatic N) is 4. The maximum atomic E-state index is 13.8. The topological polar surface area (TPSA) is 98.1 Å². The minimum absolute atomic E-state index is 0.0406. The van der Waals surface area contributed by atoms with E-state index < -0.39 is 5.41 Å². The highest BCUT2D eigenvalue weighted by molar-refractivity contribution is 5.94. The Kier molecular flexibility index (Phi) is 4.71. The Morgan fingerprint density at radius 3 is 2.26 bits per heavy atom. The zero-order valence-electron chi connectivity index (χ0n) is 16.8. The molecule has 0 atom stereocenters. The van der Waals surface area contributed by atoms with Crippen molar-refractivity contribution in [3.05, 3.63) is 96.0 Å². The number of hydrogen-bond acceptors (Lipinski definition) is 6. The summed E-state index contributed by atoms with van der Waals surface area (Å²) in [6, 6.07) is 23.4. The third-order valence-electron chi connectivity index (χ3n) is 5.78. The summed E-state index contributed by atoms with van der Waals surface area (Å²) in [4.78, 5) is 24.1. The van der Waals surface area contributed by atoms with Gasteiger partial charge in [0.15, 0.2) is 0 Å². The largest absolute Gasteiger partial charge is 0.384 e. The molecule has 154 valence electrons. The normalized spacial score (nSPS) is 15.4. The van der Waals surface area contributed by atoms with E-state index in [2.05, 4.69) is 15.1 Å². The van der Waals surface area contributed by atoms with Crippen LogP contribution in [0.3, 0.4) is 0 Å². The lowest BCUT2D eigenvalue weighted by Gasteiger charge is -2.29. The Morgan fingerprint density at radius 1 is 0.968 bits per heavy atom. The quantitative estimate of drug-likeness (QED) is 0.540. The molecule has 1 amide bonds. The smallest absolute Gasteiger partial charge is 0.246 e. The summed E-state index contributed by atoms with van der Waals surface area (Å²) in [5.41, 5.74) is 7.61. The number of carbonyl (C=O) groups excluding carboxylic acids is 1. The number of amides is 1. The highest BCUT2D eigenvalue weighted by Gasteiger charge is 2.49. The lowest BCUT2D eigenvalue weighted by molar-refractivity contribution is -0.132. The number of nitrogen functional groups attached to an aromatic ring is 1. The van der Waals surface area contributed by atoms with Crippen LogP contribution in [-0.4, -0.2) is 32.5 Å². The van der Waals surface area contributed by atoms with Gasteiger partial charge in [-0.05, 0) is 29.7 Å². The highest BCUT2D eigenvalue weighted by atomic mass is 16.5. The molecule has 0 aliphatic carbocycles. The van der Waals surface area contributed by atoms with Gasteiger partial charge in [-0.25, -0.2) is 4.98 Å². The Labute approximate surface area is 179 Å². The summed E-state index contributed by atoms with van der Waals surface area (Å²) < 4.78 is 5.43. The maximum absolute atomic E-state index is 13.8. The molecule has 3 heterocycles. The first-order valence-electron chi connectivity index (χ1n) is 10.1. The lowest BCUT2D eigenvalue weighted by Crippen LogP contribution is -2.38. The second-order valence-electron chi connectivity index (χ2n) is 7.60. The fourth-order valence-corrected chi connectivity index (χ4v) is 4.22. The monoisotopic (exact) mass is 411 g/mol. The minimum Gasteiger partial charge on any atom is -0.384 e. The highest BCUT2D eigenvalue weighted by Crippen LogP contribution is 2.42. The molecule has 1 fully saturated rings. The summed E-state index contributed by atoms with van der Waals surface area (Å²) >= 11 is 0. The number of carbonyl (C=O) groups is 1. The molecule has 2 N–H and O–H groups in total. The van der Waals surface area contributed by atoms with Crippen molar-refractivity contribution in [2.24, 2.45) is 0 Å². The van der Waals surface area contributed by atoms with Gasteiger partial charge in [-0.15, -0.1) is 0 Å². The molecule has 0 spiro atoms. The van der Waals surface area contributed by atoms with Gasteiger partial charge in [0, 0.05) is 18.3 Å². The van der Waals surface area contributed by atoms with Crippen LogP contribution >= 0.6 is 0 Å². The zero-order chi connectivity index (χ0) is 21.3. The van der Waals surface area contributed by atoms with Crippen LogP contribution in [0.4, 0.5) is 5.82 Å². The fraction of sp³-hybridized carbons (Fsp3) is 0.167. The predicted octanol–water partition coefficient (Wildman–Crippen LogP) is 3.43. The SMILES string of the molecule is Nc1ccc(-c2noc(CN3CCC(c4ccccc4)(c4ccccc4)C3=O)n2)cn1. The van der Waals surface area contributed by atoms with Crippen molar-refractivity contribution in [3.8, 4) is 11.4 Å². The van der Waals surface area contributed by atoms with Crippen LogP contribution in [0.2, 0.25) is 0 Å². The van der Waals surface area contributed by atoms with E-state index in [0.29, 0.717) is 36.1 Å². The molecule has 31 heavy (non-hydrogen) atoms. The first kappa shape index (κ1) is 19.0. The summed E-state index contributed by atoms with van der Waals surface area (Å²) in [6.07, 6.45) is 2.28. The second-order valence-corrected chi connectivity index (χ2v) is 7.60. The minimum atomic E-state index is -0.716. The van der Waals surface area contributed by atoms with E-state index in [0.717, 1.165) is 11.1 Å². The Balaban J connectivity index is 1.44. The Bertz CT molecular complexity index is 1150. The van der Waals surface area contributed by atoms with Crippen molar-refractivity contribution < 1.29 is 9.32 Å². The molecule has 7 nitrogen and oxygen atoms in total. The summed E-state index contributed by atoms with van der Waals surface area (Å²) in [7, 11) is 0. The Hall–Kier alpha value is -4.00. The molecule has 0 saturated carbocycles. The van der Waals surface area contributed by atoms with Gasteiger partial charge in [0.1, 0.15) is 17.8 Å². The maximum Gasteiger partial charge on any atom is 0.246 e. The molecule has 4 aromatic rings. The standard InChI is InChI=1S/C24H21N5O2/c25-20-12-11-17(15-26-20)22-27-21(31-28-22)16-29-14-13-24(23(29)30,18-7-3-1-4-8-18)19-9-5-2-6-10-19/h1-12,15H,13-14,16H2,(H2,25,26). The molecule has 0 radical (unpaired) electrons. The summed E-state index contributed by atoms with van der Waals surface area (Å²) in [6.45, 7) is 0.861. The van der Waals surface area contributed by atoms with E-state index in [-0.39, 0.29) is 12.5 Å². The van der Waals surface area contributed by atoms with Gasteiger partial charge in [0.2, 0.25) is 17.6 Å². The van der Waals surface area contributed by atoms with Crippen molar-refractivity contribution in [2.75, 3.05) is 12.3 Å². The number of aromatic nitrogens is 3. The summed E-state index contributed by atoms with van der Waals surface area (Å²) in [5.74, 6) is 1.27. The second kappa shape index (κ2) is 7.68. The third kappa shape index (κ3) is 3.34. The number of nitrogens with two attached hydrogens (primary N) is 1. The predicted molar refractivity (Wildman–Crippen MR) is 116 cm³/mol. The lowest BCUT2D eigenvalue weighted by atomic mass is 9.73. The third-order valence-corrected chi connectivity index (χ3v) is 5.78. The molecule has 2 aromatic heterocycles. The van der Waals surface area contributed by atoms with Gasteiger partial charge in [0.05, 0.1) is 0 Å². The average molecular weight is 411 g/mol. The number of anilines is 1. The van der Waals surface area contributed by atoms with Crippen LogP contribution in [-0.2, 0) is 16.8 Å². The first-order chi connectivity index (χ1) is 15.2. The van der Waals surface area contributed by atoms with Crippen molar-refractivity contribution in [1.82, 2.24) is 20.0 Å². The van der Waals surface area contributed by atoms with Crippen LogP contribution in [0, 0.1) is 0 Å². The Morgan fingerprint density at radius 2 is 1.65 bits per heavy atom. The number of pyridine rings is 1. The van der Waals surface area contributed by atoms with Crippen molar-refractivity contribution in [1.29, 1.82) is 0 Å². The van der Waals surface area contributed by atoms with Gasteiger partial charge in [-0.1, -0.05) is 65.8 Å². The molecule has 1 aliphatic heterocycles. The number of benzene rings is 2. The van der Waals surface area contributed by atoms with E-state index in [1.165, 1.54) is 0 Å². The van der Waals surface area contributed by atoms with Crippen LogP contribution in [0.5, 0.6) is 0 Å².